The van der Waals surface area contributed by atoms with Crippen LogP contribution >= 0.6 is 0 Å². The number of H-pyrrole nitrogens is 1. The van der Waals surface area contributed by atoms with Gasteiger partial charge < -0.3 is 9.84 Å². The van der Waals surface area contributed by atoms with Crippen LogP contribution in [0.5, 0.6) is 5.88 Å². The van der Waals surface area contributed by atoms with E-state index < -0.39 is 0 Å². The molecule has 0 amide bonds. The third kappa shape index (κ3) is 2.40. The quantitative estimate of drug-likeness (QED) is 0.860. The molecule has 0 unspecified atom stereocenters. The lowest BCUT2D eigenvalue weighted by Crippen LogP contribution is -2.26. The van der Waals surface area contributed by atoms with Crippen LogP contribution in [0.25, 0.3) is 5.65 Å². The van der Waals surface area contributed by atoms with Gasteiger partial charge in [-0.3, -0.25) is 0 Å². The minimum absolute atomic E-state index is 0.123. The van der Waals surface area contributed by atoms with Crippen molar-refractivity contribution < 1.29 is 9.84 Å². The number of hydrogen-bond donors (Lipinski definition) is 2. The molecule has 108 valence electrons. The van der Waals surface area contributed by atoms with Crippen LogP contribution in [0.1, 0.15) is 31.5 Å². The summed E-state index contributed by atoms with van der Waals surface area (Å²) in [5.74, 6) is 1.46. The standard InChI is InChI=1S/C13H18N4O3/c1-8-14-12(6-11-15-16-13(19)17(8)11)20-10-4-2-9(7-18)3-5-10/h6,9-10,18H,2-5,7H2,1H3,(H,16,19). The van der Waals surface area contributed by atoms with Gasteiger partial charge in [-0.1, -0.05) is 0 Å². The second kappa shape index (κ2) is 5.24. The summed E-state index contributed by atoms with van der Waals surface area (Å²) in [7, 11) is 0. The highest BCUT2D eigenvalue weighted by molar-refractivity contribution is 5.40. The van der Waals surface area contributed by atoms with Gasteiger partial charge in [0.15, 0.2) is 5.65 Å². The maximum absolute atomic E-state index is 11.5. The fourth-order valence-corrected chi connectivity index (χ4v) is 2.73. The Hall–Kier alpha value is -1.89. The maximum Gasteiger partial charge on any atom is 0.349 e. The number of rotatable bonds is 3. The van der Waals surface area contributed by atoms with E-state index in [1.54, 1.807) is 13.0 Å². The molecule has 1 aliphatic rings. The average molecular weight is 278 g/mol. The highest BCUT2D eigenvalue weighted by Gasteiger charge is 2.22. The van der Waals surface area contributed by atoms with Crippen LogP contribution in [-0.4, -0.2) is 37.4 Å². The molecule has 0 radical (unpaired) electrons. The number of nitrogens with zero attached hydrogens (tertiary/aromatic N) is 3. The molecule has 2 N–H and O–H groups in total. The van der Waals surface area contributed by atoms with E-state index in [0.717, 1.165) is 25.7 Å². The molecule has 2 heterocycles. The van der Waals surface area contributed by atoms with E-state index in [-0.39, 0.29) is 18.4 Å². The number of hydrogen-bond acceptors (Lipinski definition) is 5. The first-order valence-electron chi connectivity index (χ1n) is 6.89. The lowest BCUT2D eigenvalue weighted by molar-refractivity contribution is 0.100. The molecule has 20 heavy (non-hydrogen) atoms. The Balaban J connectivity index is 1.77. The molecule has 1 aliphatic carbocycles. The van der Waals surface area contributed by atoms with Gasteiger partial charge in [0.25, 0.3) is 0 Å². The van der Waals surface area contributed by atoms with Crippen molar-refractivity contribution in [1.82, 2.24) is 19.6 Å². The van der Waals surface area contributed by atoms with Crippen molar-refractivity contribution in [2.45, 2.75) is 38.7 Å². The van der Waals surface area contributed by atoms with Crippen LogP contribution in [0, 0.1) is 12.8 Å². The summed E-state index contributed by atoms with van der Waals surface area (Å²) in [6.07, 6.45) is 3.92. The Morgan fingerprint density at radius 3 is 2.90 bits per heavy atom. The normalized spacial score (nSPS) is 23.1. The summed E-state index contributed by atoms with van der Waals surface area (Å²) in [6, 6.07) is 1.67. The number of aliphatic hydroxyl groups is 1. The van der Waals surface area contributed by atoms with E-state index >= 15 is 0 Å². The molecule has 7 nitrogen and oxygen atoms in total. The first-order chi connectivity index (χ1) is 9.67. The molecule has 0 saturated heterocycles. The van der Waals surface area contributed by atoms with E-state index in [2.05, 4.69) is 15.2 Å². The number of aromatic amines is 1. The van der Waals surface area contributed by atoms with Crippen molar-refractivity contribution >= 4 is 5.65 Å². The summed E-state index contributed by atoms with van der Waals surface area (Å²) in [6.45, 7) is 2.01. The summed E-state index contributed by atoms with van der Waals surface area (Å²) < 4.78 is 7.30. The molecule has 2 aromatic heterocycles. The first-order valence-corrected chi connectivity index (χ1v) is 6.89. The Bertz CT molecular complexity index is 655. The van der Waals surface area contributed by atoms with Crippen molar-refractivity contribution in [2.75, 3.05) is 6.61 Å². The Morgan fingerprint density at radius 1 is 1.45 bits per heavy atom. The Kier molecular flexibility index (Phi) is 3.43. The molecular formula is C13H18N4O3. The summed E-state index contributed by atoms with van der Waals surface area (Å²) in [5.41, 5.74) is 0.224. The second-order valence-electron chi connectivity index (χ2n) is 5.31. The monoisotopic (exact) mass is 278 g/mol. The smallest absolute Gasteiger partial charge is 0.349 e. The van der Waals surface area contributed by atoms with Gasteiger partial charge in [-0.2, -0.15) is 10.1 Å². The van der Waals surface area contributed by atoms with Gasteiger partial charge in [0.1, 0.15) is 11.9 Å². The molecular weight excluding hydrogens is 260 g/mol. The van der Waals surface area contributed by atoms with Gasteiger partial charge in [0, 0.05) is 12.7 Å². The average Bonchev–Trinajstić information content (AvgIpc) is 2.81. The molecule has 0 atom stereocenters. The molecule has 0 spiro atoms. The highest BCUT2D eigenvalue weighted by atomic mass is 16.5. The topological polar surface area (TPSA) is 92.5 Å². The SMILES string of the molecule is Cc1nc(OC2CCC(CO)CC2)cc2n[nH]c(=O)n12. The van der Waals surface area contributed by atoms with Crippen molar-refractivity contribution in [3.05, 3.63) is 22.4 Å². The lowest BCUT2D eigenvalue weighted by atomic mass is 9.88. The summed E-state index contributed by atoms with van der Waals surface area (Å²) in [5, 5.41) is 15.5. The van der Waals surface area contributed by atoms with E-state index in [1.165, 1.54) is 4.40 Å². The molecule has 3 rings (SSSR count). The first kappa shape index (κ1) is 13.1. The fraction of sp³-hybridized carbons (Fsp3) is 0.615. The van der Waals surface area contributed by atoms with Crippen LogP contribution in [0.15, 0.2) is 10.9 Å². The second-order valence-corrected chi connectivity index (χ2v) is 5.31. The van der Waals surface area contributed by atoms with E-state index in [0.29, 0.717) is 23.3 Å². The Morgan fingerprint density at radius 2 is 2.20 bits per heavy atom. The molecule has 1 fully saturated rings. The number of aryl methyl sites for hydroxylation is 1. The maximum atomic E-state index is 11.5. The van der Waals surface area contributed by atoms with Gasteiger partial charge in [-0.15, -0.1) is 0 Å². The van der Waals surface area contributed by atoms with E-state index in [1.807, 2.05) is 0 Å². The van der Waals surface area contributed by atoms with Gasteiger partial charge in [0.05, 0.1) is 0 Å². The Labute approximate surface area is 115 Å². The van der Waals surface area contributed by atoms with Gasteiger partial charge in [-0.05, 0) is 38.5 Å². The van der Waals surface area contributed by atoms with Crippen LogP contribution < -0.4 is 10.4 Å². The molecule has 0 bridgehead atoms. The number of nitrogens with one attached hydrogen (secondary N) is 1. The van der Waals surface area contributed by atoms with Crippen molar-refractivity contribution in [1.29, 1.82) is 0 Å². The molecule has 2 aromatic rings. The van der Waals surface area contributed by atoms with Crippen molar-refractivity contribution in [3.8, 4) is 5.88 Å². The predicted octanol–water partition coefficient (Wildman–Crippen LogP) is 0.656. The van der Waals surface area contributed by atoms with Gasteiger partial charge in [0.2, 0.25) is 5.88 Å². The van der Waals surface area contributed by atoms with Crippen LogP contribution in [0.3, 0.4) is 0 Å². The number of ether oxygens (including phenoxy) is 1. The minimum Gasteiger partial charge on any atom is -0.474 e. The zero-order valence-electron chi connectivity index (χ0n) is 11.4. The molecule has 0 aliphatic heterocycles. The predicted molar refractivity (Wildman–Crippen MR) is 71.8 cm³/mol. The van der Waals surface area contributed by atoms with Crippen LogP contribution in [-0.2, 0) is 0 Å². The lowest BCUT2D eigenvalue weighted by Gasteiger charge is -2.27. The van der Waals surface area contributed by atoms with Crippen LogP contribution in [0.2, 0.25) is 0 Å². The zero-order valence-corrected chi connectivity index (χ0v) is 11.4. The summed E-state index contributed by atoms with van der Waals surface area (Å²) in [4.78, 5) is 15.8. The third-order valence-electron chi connectivity index (χ3n) is 3.89. The number of aromatic nitrogens is 4. The molecule has 7 heteroatoms. The van der Waals surface area contributed by atoms with E-state index in [9.17, 15) is 4.79 Å². The van der Waals surface area contributed by atoms with Crippen molar-refractivity contribution in [2.24, 2.45) is 5.92 Å². The fourth-order valence-electron chi connectivity index (χ4n) is 2.73. The van der Waals surface area contributed by atoms with Crippen molar-refractivity contribution in [3.63, 3.8) is 0 Å². The van der Waals surface area contributed by atoms with Gasteiger partial charge >= 0.3 is 5.69 Å². The zero-order chi connectivity index (χ0) is 14.1. The third-order valence-corrected chi connectivity index (χ3v) is 3.89. The van der Waals surface area contributed by atoms with E-state index in [4.69, 9.17) is 9.84 Å². The highest BCUT2D eigenvalue weighted by Crippen LogP contribution is 2.26. The molecule has 1 saturated carbocycles. The number of fused-ring (bicyclic) bond motifs is 1. The largest absolute Gasteiger partial charge is 0.474 e. The number of aliphatic hydroxyl groups excluding tert-OH is 1. The van der Waals surface area contributed by atoms with Crippen LogP contribution in [0.4, 0.5) is 0 Å². The van der Waals surface area contributed by atoms with Gasteiger partial charge in [-0.25, -0.2) is 14.3 Å². The molecule has 0 aromatic carbocycles. The minimum atomic E-state index is -0.292. The summed E-state index contributed by atoms with van der Waals surface area (Å²) >= 11 is 0.